The molecule has 0 saturated carbocycles. The molecule has 166 valence electrons. The summed E-state index contributed by atoms with van der Waals surface area (Å²) in [7, 11) is 3.53. The van der Waals surface area contributed by atoms with Crippen LogP contribution in [0.1, 0.15) is 47.8 Å². The zero-order valence-electron chi connectivity index (χ0n) is 18.6. The molecule has 2 aromatic heterocycles. The summed E-state index contributed by atoms with van der Waals surface area (Å²) in [5.74, 6) is 1.45. The molecular weight excluding hydrogens is 404 g/mol. The van der Waals surface area contributed by atoms with Crippen LogP contribution in [0.4, 0.5) is 5.95 Å². The summed E-state index contributed by atoms with van der Waals surface area (Å²) in [6.45, 7) is 2.70. The zero-order valence-corrected chi connectivity index (χ0v) is 18.6. The molecule has 1 amide bonds. The van der Waals surface area contributed by atoms with Crippen molar-refractivity contribution >= 4 is 11.9 Å². The van der Waals surface area contributed by atoms with Gasteiger partial charge in [0.1, 0.15) is 5.75 Å². The van der Waals surface area contributed by atoms with E-state index in [-0.39, 0.29) is 11.9 Å². The molecule has 4 heterocycles. The number of benzene rings is 1. The van der Waals surface area contributed by atoms with Crippen molar-refractivity contribution in [1.82, 2.24) is 24.6 Å². The average Bonchev–Trinajstić information content (AvgIpc) is 3.59. The van der Waals surface area contributed by atoms with E-state index in [1.54, 1.807) is 13.2 Å². The third kappa shape index (κ3) is 3.81. The van der Waals surface area contributed by atoms with Gasteiger partial charge in [-0.15, -0.1) is 0 Å². The maximum absolute atomic E-state index is 13.4. The first-order valence-corrected chi connectivity index (χ1v) is 11.2. The van der Waals surface area contributed by atoms with Gasteiger partial charge in [-0.1, -0.05) is 6.07 Å². The van der Waals surface area contributed by atoms with E-state index in [9.17, 15) is 4.79 Å². The first kappa shape index (κ1) is 20.5. The average molecular weight is 433 g/mol. The molecule has 8 heteroatoms. The Bertz CT molecular complexity index is 1120. The van der Waals surface area contributed by atoms with Crippen molar-refractivity contribution in [3.63, 3.8) is 0 Å². The smallest absolute Gasteiger partial charge is 0.254 e. The van der Waals surface area contributed by atoms with Gasteiger partial charge in [-0.2, -0.15) is 5.10 Å². The summed E-state index contributed by atoms with van der Waals surface area (Å²) in [5, 5.41) is 4.78. The lowest BCUT2D eigenvalue weighted by atomic mass is 10.0. The molecule has 5 rings (SSSR count). The highest BCUT2D eigenvalue weighted by Gasteiger charge is 2.34. The summed E-state index contributed by atoms with van der Waals surface area (Å²) < 4.78 is 7.12. The number of carbonyl (C=O) groups excluding carboxylic acids is 1. The van der Waals surface area contributed by atoms with Gasteiger partial charge in [0.25, 0.3) is 5.91 Å². The quantitative estimate of drug-likeness (QED) is 0.615. The largest absolute Gasteiger partial charge is 0.497 e. The Kier molecular flexibility index (Phi) is 5.51. The fraction of sp³-hybridized carbons (Fsp3) is 0.417. The molecule has 0 spiro atoms. The lowest BCUT2D eigenvalue weighted by Crippen LogP contribution is -2.31. The number of anilines is 1. The standard InChI is InChI=1S/C24H28N6O2/c1-28-16-19(20-10-11-25-24(26-20)29-12-3-4-13-29)22(27-28)21-9-6-14-30(21)23(31)17-7-5-8-18(15-17)32-2/h5,7-8,10-11,15-16,21H,3-4,6,9,12-14H2,1-2H3/t21-/m1/s1. The minimum absolute atomic E-state index is 0.00319. The summed E-state index contributed by atoms with van der Waals surface area (Å²) in [4.78, 5) is 26.9. The molecule has 0 unspecified atom stereocenters. The maximum Gasteiger partial charge on any atom is 0.254 e. The number of likely N-dealkylation sites (tertiary alicyclic amines) is 1. The van der Waals surface area contributed by atoms with E-state index in [0.29, 0.717) is 17.9 Å². The first-order chi connectivity index (χ1) is 15.6. The van der Waals surface area contributed by atoms with Gasteiger partial charge in [0, 0.05) is 50.2 Å². The monoisotopic (exact) mass is 432 g/mol. The van der Waals surface area contributed by atoms with Gasteiger partial charge in [-0.3, -0.25) is 9.48 Å². The van der Waals surface area contributed by atoms with Gasteiger partial charge in [-0.25, -0.2) is 9.97 Å². The second-order valence-corrected chi connectivity index (χ2v) is 8.43. The molecule has 2 saturated heterocycles. The summed E-state index contributed by atoms with van der Waals surface area (Å²) in [6.07, 6.45) is 7.99. The molecule has 1 atom stereocenters. The van der Waals surface area contributed by atoms with Gasteiger partial charge in [0.05, 0.1) is 24.5 Å². The Morgan fingerprint density at radius 3 is 2.78 bits per heavy atom. The molecule has 2 aliphatic heterocycles. The number of rotatable bonds is 5. The second-order valence-electron chi connectivity index (χ2n) is 8.43. The third-order valence-corrected chi connectivity index (χ3v) is 6.31. The number of nitrogens with zero attached hydrogens (tertiary/aromatic N) is 6. The van der Waals surface area contributed by atoms with Gasteiger partial charge < -0.3 is 14.5 Å². The van der Waals surface area contributed by atoms with Crippen LogP contribution < -0.4 is 9.64 Å². The van der Waals surface area contributed by atoms with Crippen molar-refractivity contribution in [2.75, 3.05) is 31.6 Å². The summed E-state index contributed by atoms with van der Waals surface area (Å²) in [6, 6.07) is 9.18. The molecule has 0 aliphatic carbocycles. The molecule has 32 heavy (non-hydrogen) atoms. The Morgan fingerprint density at radius 2 is 1.97 bits per heavy atom. The Hall–Kier alpha value is -3.42. The Labute approximate surface area is 187 Å². The van der Waals surface area contributed by atoms with Gasteiger partial charge >= 0.3 is 0 Å². The van der Waals surface area contributed by atoms with E-state index in [1.807, 2.05) is 53.3 Å². The molecule has 0 N–H and O–H groups in total. The minimum atomic E-state index is -0.0879. The zero-order chi connectivity index (χ0) is 22.1. The van der Waals surface area contributed by atoms with E-state index in [2.05, 4.69) is 9.88 Å². The van der Waals surface area contributed by atoms with Crippen LogP contribution in [0, 0.1) is 0 Å². The number of hydrogen-bond donors (Lipinski definition) is 0. The summed E-state index contributed by atoms with van der Waals surface area (Å²) in [5.41, 5.74) is 3.34. The summed E-state index contributed by atoms with van der Waals surface area (Å²) >= 11 is 0. The van der Waals surface area contributed by atoms with Crippen LogP contribution in [0.5, 0.6) is 5.75 Å². The Morgan fingerprint density at radius 1 is 1.12 bits per heavy atom. The van der Waals surface area contributed by atoms with Crippen LogP contribution in [-0.2, 0) is 7.05 Å². The van der Waals surface area contributed by atoms with Crippen LogP contribution >= 0.6 is 0 Å². The number of ether oxygens (including phenoxy) is 1. The van der Waals surface area contributed by atoms with Crippen LogP contribution in [0.3, 0.4) is 0 Å². The van der Waals surface area contributed by atoms with Crippen molar-refractivity contribution in [3.05, 3.63) is 54.0 Å². The minimum Gasteiger partial charge on any atom is -0.497 e. The number of aromatic nitrogens is 4. The molecule has 1 aromatic carbocycles. The lowest BCUT2D eigenvalue weighted by molar-refractivity contribution is 0.0732. The number of aryl methyl sites for hydroxylation is 1. The number of hydrogen-bond acceptors (Lipinski definition) is 6. The van der Waals surface area contributed by atoms with Gasteiger partial charge in [-0.05, 0) is 49.9 Å². The predicted molar refractivity (Wildman–Crippen MR) is 122 cm³/mol. The van der Waals surface area contributed by atoms with Crippen LogP contribution in [0.2, 0.25) is 0 Å². The SMILES string of the molecule is COc1cccc(C(=O)N2CCC[C@@H]2c2nn(C)cc2-c2ccnc(N3CCCC3)n2)c1. The normalized spacial score (nSPS) is 18.4. The van der Waals surface area contributed by atoms with E-state index in [0.717, 1.165) is 48.8 Å². The van der Waals surface area contributed by atoms with Crippen LogP contribution in [0.25, 0.3) is 11.3 Å². The van der Waals surface area contributed by atoms with Crippen molar-refractivity contribution in [1.29, 1.82) is 0 Å². The van der Waals surface area contributed by atoms with Crippen molar-refractivity contribution in [2.24, 2.45) is 7.05 Å². The first-order valence-electron chi connectivity index (χ1n) is 11.2. The highest BCUT2D eigenvalue weighted by molar-refractivity contribution is 5.95. The Balaban J connectivity index is 1.47. The highest BCUT2D eigenvalue weighted by atomic mass is 16.5. The van der Waals surface area contributed by atoms with Crippen molar-refractivity contribution < 1.29 is 9.53 Å². The number of amides is 1. The van der Waals surface area contributed by atoms with Gasteiger partial charge in [0.2, 0.25) is 5.95 Å². The van der Waals surface area contributed by atoms with Crippen molar-refractivity contribution in [2.45, 2.75) is 31.7 Å². The van der Waals surface area contributed by atoms with Crippen molar-refractivity contribution in [3.8, 4) is 17.0 Å². The van der Waals surface area contributed by atoms with E-state index < -0.39 is 0 Å². The van der Waals surface area contributed by atoms with Crippen LogP contribution in [0.15, 0.2) is 42.7 Å². The molecule has 0 radical (unpaired) electrons. The van der Waals surface area contributed by atoms with E-state index in [4.69, 9.17) is 14.8 Å². The van der Waals surface area contributed by atoms with Crippen LogP contribution in [-0.4, -0.2) is 57.3 Å². The second kappa shape index (κ2) is 8.61. The fourth-order valence-electron chi connectivity index (χ4n) is 4.73. The van der Waals surface area contributed by atoms with E-state index >= 15 is 0 Å². The molecule has 2 aliphatic rings. The molecular formula is C24H28N6O2. The maximum atomic E-state index is 13.4. The number of methoxy groups -OCH3 is 1. The van der Waals surface area contributed by atoms with Gasteiger partial charge in [0.15, 0.2) is 0 Å². The molecule has 3 aromatic rings. The topological polar surface area (TPSA) is 76.4 Å². The number of carbonyl (C=O) groups is 1. The fourth-order valence-corrected chi connectivity index (χ4v) is 4.73. The lowest BCUT2D eigenvalue weighted by Gasteiger charge is -2.24. The predicted octanol–water partition coefficient (Wildman–Crippen LogP) is 3.46. The van der Waals surface area contributed by atoms with E-state index in [1.165, 1.54) is 12.8 Å². The molecule has 0 bridgehead atoms. The highest BCUT2D eigenvalue weighted by Crippen LogP contribution is 2.37. The third-order valence-electron chi connectivity index (χ3n) is 6.31. The molecule has 8 nitrogen and oxygen atoms in total. The molecule has 2 fully saturated rings.